The number of aryl methyl sites for hydroxylation is 1. The molecule has 0 unspecified atom stereocenters. The Bertz CT molecular complexity index is 292. The van der Waals surface area contributed by atoms with Crippen molar-refractivity contribution in [3.63, 3.8) is 0 Å². The van der Waals surface area contributed by atoms with E-state index in [0.717, 1.165) is 30.9 Å². The second kappa shape index (κ2) is 5.61. The fourth-order valence-corrected chi connectivity index (χ4v) is 1.80. The van der Waals surface area contributed by atoms with Crippen molar-refractivity contribution in [1.82, 2.24) is 0 Å². The fraction of sp³-hybridized carbons (Fsp3) is 0.500. The van der Waals surface area contributed by atoms with Crippen LogP contribution in [0.1, 0.15) is 18.9 Å². The van der Waals surface area contributed by atoms with E-state index in [1.54, 1.807) is 0 Å². The summed E-state index contributed by atoms with van der Waals surface area (Å²) in [5, 5.41) is 8.84. The van der Waals surface area contributed by atoms with Crippen molar-refractivity contribution >= 4 is 11.4 Å². The van der Waals surface area contributed by atoms with Gasteiger partial charge in [-0.3, -0.25) is 0 Å². The summed E-state index contributed by atoms with van der Waals surface area (Å²) >= 11 is 0. The monoisotopic (exact) mass is 208 g/mol. The topological polar surface area (TPSA) is 49.5 Å². The van der Waals surface area contributed by atoms with E-state index in [-0.39, 0.29) is 6.61 Å². The lowest BCUT2D eigenvalue weighted by Crippen LogP contribution is -2.26. The highest BCUT2D eigenvalue weighted by molar-refractivity contribution is 5.71. The van der Waals surface area contributed by atoms with Gasteiger partial charge in [0.05, 0.1) is 11.4 Å². The van der Waals surface area contributed by atoms with Crippen LogP contribution in [0.5, 0.6) is 0 Å². The van der Waals surface area contributed by atoms with E-state index in [2.05, 4.69) is 24.8 Å². The summed E-state index contributed by atoms with van der Waals surface area (Å²) in [4.78, 5) is 2.21. The number of aliphatic hydroxyl groups excluding tert-OH is 1. The molecule has 0 saturated carbocycles. The van der Waals surface area contributed by atoms with Crippen LogP contribution in [0, 0.1) is 6.92 Å². The number of para-hydroxylation sites is 1. The summed E-state index contributed by atoms with van der Waals surface area (Å²) < 4.78 is 0. The van der Waals surface area contributed by atoms with Crippen molar-refractivity contribution in [2.75, 3.05) is 30.3 Å². The number of nitrogens with two attached hydrogens (primary N) is 1. The molecule has 1 aromatic carbocycles. The molecule has 1 rings (SSSR count). The quantitative estimate of drug-likeness (QED) is 0.725. The minimum absolute atomic E-state index is 0.224. The summed E-state index contributed by atoms with van der Waals surface area (Å²) in [6.07, 6.45) is 0.779. The standard InChI is InChI=1S/C12H20N2O/c1-3-14(8-5-9-15)12-10(2)6-4-7-11(12)13/h4,6-7,15H,3,5,8-9,13H2,1-2H3. The van der Waals surface area contributed by atoms with Crippen LogP contribution in [0.25, 0.3) is 0 Å². The van der Waals surface area contributed by atoms with Crippen molar-refractivity contribution in [2.24, 2.45) is 0 Å². The smallest absolute Gasteiger partial charge is 0.0629 e. The molecule has 0 heterocycles. The van der Waals surface area contributed by atoms with Crippen molar-refractivity contribution in [1.29, 1.82) is 0 Å². The molecular weight excluding hydrogens is 188 g/mol. The maximum atomic E-state index is 8.84. The SMILES string of the molecule is CCN(CCCO)c1c(C)cccc1N. The largest absolute Gasteiger partial charge is 0.397 e. The Balaban J connectivity index is 2.90. The van der Waals surface area contributed by atoms with E-state index in [9.17, 15) is 0 Å². The lowest BCUT2D eigenvalue weighted by Gasteiger charge is -2.26. The summed E-state index contributed by atoms with van der Waals surface area (Å²) in [5.74, 6) is 0. The van der Waals surface area contributed by atoms with E-state index in [4.69, 9.17) is 10.8 Å². The Kier molecular flexibility index (Phi) is 4.43. The Morgan fingerprint density at radius 1 is 1.40 bits per heavy atom. The maximum absolute atomic E-state index is 8.84. The molecular formula is C12H20N2O. The maximum Gasteiger partial charge on any atom is 0.0629 e. The number of aliphatic hydroxyl groups is 1. The van der Waals surface area contributed by atoms with Crippen LogP contribution in [0.4, 0.5) is 11.4 Å². The van der Waals surface area contributed by atoms with Gasteiger partial charge in [0, 0.05) is 19.7 Å². The zero-order valence-corrected chi connectivity index (χ0v) is 9.53. The van der Waals surface area contributed by atoms with E-state index >= 15 is 0 Å². The van der Waals surface area contributed by atoms with Gasteiger partial charge in [0.2, 0.25) is 0 Å². The van der Waals surface area contributed by atoms with Gasteiger partial charge in [-0.1, -0.05) is 12.1 Å². The Morgan fingerprint density at radius 3 is 2.67 bits per heavy atom. The number of nitrogen functional groups attached to an aromatic ring is 1. The average molecular weight is 208 g/mol. The highest BCUT2D eigenvalue weighted by atomic mass is 16.3. The molecule has 0 fully saturated rings. The second-order valence-electron chi connectivity index (χ2n) is 3.67. The third kappa shape index (κ3) is 2.86. The Morgan fingerprint density at radius 2 is 2.13 bits per heavy atom. The van der Waals surface area contributed by atoms with Gasteiger partial charge < -0.3 is 15.7 Å². The van der Waals surface area contributed by atoms with Crippen LogP contribution in [0.15, 0.2) is 18.2 Å². The molecule has 0 aliphatic heterocycles. The van der Waals surface area contributed by atoms with Gasteiger partial charge in [-0.2, -0.15) is 0 Å². The van der Waals surface area contributed by atoms with Crippen molar-refractivity contribution < 1.29 is 5.11 Å². The molecule has 0 aliphatic rings. The number of hydrogen-bond acceptors (Lipinski definition) is 3. The lowest BCUT2D eigenvalue weighted by atomic mass is 10.1. The van der Waals surface area contributed by atoms with Crippen LogP contribution >= 0.6 is 0 Å². The third-order valence-corrected chi connectivity index (χ3v) is 2.55. The van der Waals surface area contributed by atoms with Gasteiger partial charge in [-0.05, 0) is 31.9 Å². The number of benzene rings is 1. The molecule has 0 radical (unpaired) electrons. The summed E-state index contributed by atoms with van der Waals surface area (Å²) in [5.41, 5.74) is 9.07. The molecule has 0 spiro atoms. The Labute approximate surface area is 91.5 Å². The number of hydrogen-bond donors (Lipinski definition) is 2. The number of anilines is 2. The molecule has 0 atom stereocenters. The van der Waals surface area contributed by atoms with E-state index in [1.807, 2.05) is 12.1 Å². The zero-order valence-electron chi connectivity index (χ0n) is 9.53. The second-order valence-corrected chi connectivity index (χ2v) is 3.67. The molecule has 0 bridgehead atoms. The van der Waals surface area contributed by atoms with Crippen LogP contribution < -0.4 is 10.6 Å². The van der Waals surface area contributed by atoms with Crippen LogP contribution in [-0.4, -0.2) is 24.8 Å². The first-order chi connectivity index (χ1) is 7.20. The minimum atomic E-state index is 0.224. The van der Waals surface area contributed by atoms with E-state index in [0.29, 0.717) is 0 Å². The average Bonchev–Trinajstić information content (AvgIpc) is 2.22. The molecule has 3 N–H and O–H groups in total. The van der Waals surface area contributed by atoms with Crippen molar-refractivity contribution in [3.05, 3.63) is 23.8 Å². The fourth-order valence-electron chi connectivity index (χ4n) is 1.80. The first-order valence-corrected chi connectivity index (χ1v) is 5.41. The van der Waals surface area contributed by atoms with Crippen molar-refractivity contribution in [2.45, 2.75) is 20.3 Å². The number of rotatable bonds is 5. The zero-order chi connectivity index (χ0) is 11.3. The normalized spacial score (nSPS) is 10.3. The molecule has 0 saturated heterocycles. The van der Waals surface area contributed by atoms with Gasteiger partial charge in [0.15, 0.2) is 0 Å². The lowest BCUT2D eigenvalue weighted by molar-refractivity contribution is 0.289. The van der Waals surface area contributed by atoms with Gasteiger partial charge in [-0.25, -0.2) is 0 Å². The first kappa shape index (κ1) is 11.9. The Hall–Kier alpha value is -1.22. The van der Waals surface area contributed by atoms with Gasteiger partial charge in [-0.15, -0.1) is 0 Å². The van der Waals surface area contributed by atoms with Gasteiger partial charge in [0.1, 0.15) is 0 Å². The minimum Gasteiger partial charge on any atom is -0.397 e. The molecule has 0 amide bonds. The summed E-state index contributed by atoms with van der Waals surface area (Å²) in [6.45, 7) is 6.15. The predicted molar refractivity (Wildman–Crippen MR) is 65.2 cm³/mol. The molecule has 0 aromatic heterocycles. The highest BCUT2D eigenvalue weighted by Gasteiger charge is 2.09. The molecule has 84 valence electrons. The van der Waals surface area contributed by atoms with E-state index in [1.165, 1.54) is 5.56 Å². The van der Waals surface area contributed by atoms with E-state index < -0.39 is 0 Å². The first-order valence-electron chi connectivity index (χ1n) is 5.41. The van der Waals surface area contributed by atoms with Crippen molar-refractivity contribution in [3.8, 4) is 0 Å². The molecule has 3 heteroatoms. The molecule has 15 heavy (non-hydrogen) atoms. The van der Waals surface area contributed by atoms with Gasteiger partial charge in [0.25, 0.3) is 0 Å². The van der Waals surface area contributed by atoms with Crippen LogP contribution in [0.2, 0.25) is 0 Å². The summed E-state index contributed by atoms with van der Waals surface area (Å²) in [6, 6.07) is 5.95. The predicted octanol–water partition coefficient (Wildman–Crippen LogP) is 1.79. The highest BCUT2D eigenvalue weighted by Crippen LogP contribution is 2.27. The molecule has 0 aliphatic carbocycles. The van der Waals surface area contributed by atoms with Gasteiger partial charge >= 0.3 is 0 Å². The molecule has 1 aromatic rings. The van der Waals surface area contributed by atoms with Crippen LogP contribution in [0.3, 0.4) is 0 Å². The summed E-state index contributed by atoms with van der Waals surface area (Å²) in [7, 11) is 0. The molecule has 3 nitrogen and oxygen atoms in total. The van der Waals surface area contributed by atoms with Crippen LogP contribution in [-0.2, 0) is 0 Å². The third-order valence-electron chi connectivity index (χ3n) is 2.55. The number of nitrogens with zero attached hydrogens (tertiary/aromatic N) is 1.